The van der Waals surface area contributed by atoms with Crippen molar-refractivity contribution in [2.24, 2.45) is 5.92 Å². The number of thioether (sulfide) groups is 1. The number of hydrogen-bond donors (Lipinski definition) is 1. The summed E-state index contributed by atoms with van der Waals surface area (Å²) in [5.41, 5.74) is 0.291. The van der Waals surface area contributed by atoms with E-state index in [2.05, 4.69) is 19.0 Å². The van der Waals surface area contributed by atoms with E-state index in [1.165, 1.54) is 0 Å². The Kier molecular flexibility index (Phi) is 6.48. The predicted molar refractivity (Wildman–Crippen MR) is 86.6 cm³/mol. The standard InChI is InChI=1S/C14H20ClNOS.ClH/c1-16(2)9-12-10-18-8-7-14(12,17)11-3-5-13(15)6-4-11;/h3-6,12,17H,7-10H2,1-2H3;1H. The highest BCUT2D eigenvalue weighted by molar-refractivity contribution is 7.99. The van der Waals surface area contributed by atoms with Crippen LogP contribution in [-0.4, -0.2) is 42.2 Å². The van der Waals surface area contributed by atoms with Crippen molar-refractivity contribution in [2.45, 2.75) is 12.0 Å². The molecule has 1 aromatic rings. The van der Waals surface area contributed by atoms with E-state index in [4.69, 9.17) is 11.6 Å². The highest BCUT2D eigenvalue weighted by atomic mass is 35.5. The van der Waals surface area contributed by atoms with E-state index in [9.17, 15) is 5.11 Å². The molecule has 108 valence electrons. The van der Waals surface area contributed by atoms with Crippen LogP contribution in [-0.2, 0) is 5.60 Å². The van der Waals surface area contributed by atoms with E-state index in [0.717, 1.165) is 35.1 Å². The van der Waals surface area contributed by atoms with Gasteiger partial charge in [-0.2, -0.15) is 11.8 Å². The van der Waals surface area contributed by atoms with Crippen molar-refractivity contribution in [1.29, 1.82) is 0 Å². The van der Waals surface area contributed by atoms with Crippen LogP contribution in [0.1, 0.15) is 12.0 Å². The van der Waals surface area contributed by atoms with Gasteiger partial charge in [-0.25, -0.2) is 0 Å². The van der Waals surface area contributed by atoms with Gasteiger partial charge in [0.05, 0.1) is 5.60 Å². The second-order valence-electron chi connectivity index (χ2n) is 5.22. The van der Waals surface area contributed by atoms with Crippen LogP contribution >= 0.6 is 35.8 Å². The molecule has 1 saturated heterocycles. The summed E-state index contributed by atoms with van der Waals surface area (Å²) in [6.07, 6.45) is 0.817. The third kappa shape index (κ3) is 4.02. The van der Waals surface area contributed by atoms with Crippen LogP contribution in [0.5, 0.6) is 0 Å². The van der Waals surface area contributed by atoms with Crippen molar-refractivity contribution in [1.82, 2.24) is 4.90 Å². The van der Waals surface area contributed by atoms with Gasteiger partial charge in [0.2, 0.25) is 0 Å². The highest BCUT2D eigenvalue weighted by Gasteiger charge is 2.40. The Morgan fingerprint density at radius 2 is 2.00 bits per heavy atom. The molecular weight excluding hydrogens is 301 g/mol. The van der Waals surface area contributed by atoms with Gasteiger partial charge in [0.15, 0.2) is 0 Å². The number of aliphatic hydroxyl groups is 1. The van der Waals surface area contributed by atoms with Gasteiger partial charge in [-0.1, -0.05) is 23.7 Å². The zero-order chi connectivity index (χ0) is 13.2. The summed E-state index contributed by atoms with van der Waals surface area (Å²) < 4.78 is 0. The Labute approximate surface area is 130 Å². The van der Waals surface area contributed by atoms with Gasteiger partial charge < -0.3 is 10.0 Å². The van der Waals surface area contributed by atoms with Crippen molar-refractivity contribution >= 4 is 35.8 Å². The minimum Gasteiger partial charge on any atom is -0.385 e. The van der Waals surface area contributed by atoms with Crippen molar-refractivity contribution in [3.05, 3.63) is 34.9 Å². The van der Waals surface area contributed by atoms with Crippen LogP contribution in [0.4, 0.5) is 0 Å². The summed E-state index contributed by atoms with van der Waals surface area (Å²) in [5, 5.41) is 11.8. The van der Waals surface area contributed by atoms with Crippen LogP contribution in [0.15, 0.2) is 24.3 Å². The first-order valence-electron chi connectivity index (χ1n) is 6.23. The lowest BCUT2D eigenvalue weighted by Crippen LogP contribution is -2.45. The van der Waals surface area contributed by atoms with Gasteiger partial charge in [0.25, 0.3) is 0 Å². The van der Waals surface area contributed by atoms with Crippen LogP contribution in [0.25, 0.3) is 0 Å². The van der Waals surface area contributed by atoms with E-state index in [0.29, 0.717) is 0 Å². The largest absolute Gasteiger partial charge is 0.385 e. The molecule has 2 atom stereocenters. The molecule has 1 N–H and O–H groups in total. The summed E-state index contributed by atoms with van der Waals surface area (Å²) in [5.74, 6) is 2.30. The molecule has 19 heavy (non-hydrogen) atoms. The molecule has 2 nitrogen and oxygen atoms in total. The maximum Gasteiger partial charge on any atom is 0.0952 e. The van der Waals surface area contributed by atoms with Crippen molar-refractivity contribution in [3.63, 3.8) is 0 Å². The van der Waals surface area contributed by atoms with Gasteiger partial charge in [0.1, 0.15) is 0 Å². The summed E-state index contributed by atoms with van der Waals surface area (Å²) in [6, 6.07) is 7.65. The fourth-order valence-corrected chi connectivity index (χ4v) is 3.97. The maximum absolute atomic E-state index is 11.1. The second kappa shape index (κ2) is 7.19. The maximum atomic E-state index is 11.1. The van der Waals surface area contributed by atoms with Gasteiger partial charge in [-0.3, -0.25) is 0 Å². The number of hydrogen-bond acceptors (Lipinski definition) is 3. The van der Waals surface area contributed by atoms with Crippen molar-refractivity contribution < 1.29 is 5.11 Å². The van der Waals surface area contributed by atoms with Crippen LogP contribution in [0, 0.1) is 5.92 Å². The minimum absolute atomic E-state index is 0. The molecule has 1 fully saturated rings. The second-order valence-corrected chi connectivity index (χ2v) is 6.80. The lowest BCUT2D eigenvalue weighted by Gasteiger charge is -2.41. The summed E-state index contributed by atoms with van der Waals surface area (Å²) >= 11 is 7.86. The van der Waals surface area contributed by atoms with Crippen LogP contribution in [0.3, 0.4) is 0 Å². The number of halogens is 2. The third-order valence-electron chi connectivity index (χ3n) is 3.55. The molecule has 5 heteroatoms. The number of nitrogens with zero attached hydrogens (tertiary/aromatic N) is 1. The first kappa shape index (κ1) is 17.1. The van der Waals surface area contributed by atoms with Gasteiger partial charge >= 0.3 is 0 Å². The smallest absolute Gasteiger partial charge is 0.0952 e. The Morgan fingerprint density at radius 3 is 2.58 bits per heavy atom. The molecule has 1 aliphatic rings. The average molecular weight is 322 g/mol. The van der Waals surface area contributed by atoms with Gasteiger partial charge in [-0.05, 0) is 44.0 Å². The fourth-order valence-electron chi connectivity index (χ4n) is 2.56. The average Bonchev–Trinajstić information content (AvgIpc) is 2.32. The third-order valence-corrected chi connectivity index (χ3v) is 4.93. The molecule has 0 saturated carbocycles. The Balaban J connectivity index is 0.00000180. The monoisotopic (exact) mass is 321 g/mol. The Bertz CT molecular complexity index is 399. The molecule has 1 heterocycles. The van der Waals surface area contributed by atoms with Crippen molar-refractivity contribution in [3.8, 4) is 0 Å². The minimum atomic E-state index is -0.708. The summed E-state index contributed by atoms with van der Waals surface area (Å²) in [7, 11) is 4.11. The lowest BCUT2D eigenvalue weighted by molar-refractivity contribution is -0.0293. The first-order valence-corrected chi connectivity index (χ1v) is 7.76. The van der Waals surface area contributed by atoms with Crippen LogP contribution in [0.2, 0.25) is 5.02 Å². The molecule has 0 aliphatic carbocycles. The van der Waals surface area contributed by atoms with Gasteiger partial charge in [0, 0.05) is 23.2 Å². The number of benzene rings is 1. The lowest BCUT2D eigenvalue weighted by atomic mass is 9.79. The SMILES string of the molecule is CN(C)CC1CSCCC1(O)c1ccc(Cl)cc1.Cl. The van der Waals surface area contributed by atoms with E-state index in [1.807, 2.05) is 36.0 Å². The molecule has 0 radical (unpaired) electrons. The molecule has 2 rings (SSSR count). The molecule has 0 bridgehead atoms. The van der Waals surface area contributed by atoms with Crippen LogP contribution < -0.4 is 0 Å². The quantitative estimate of drug-likeness (QED) is 0.924. The van der Waals surface area contributed by atoms with Gasteiger partial charge in [-0.15, -0.1) is 12.4 Å². The Hall–Kier alpha value is 0.0700. The summed E-state index contributed by atoms with van der Waals surface area (Å²) in [6.45, 7) is 0.909. The van der Waals surface area contributed by atoms with E-state index >= 15 is 0 Å². The molecule has 1 aromatic carbocycles. The Morgan fingerprint density at radius 1 is 1.37 bits per heavy atom. The molecule has 0 aromatic heterocycles. The molecular formula is C14H21Cl2NOS. The zero-order valence-electron chi connectivity index (χ0n) is 11.3. The first-order chi connectivity index (χ1) is 8.52. The molecule has 1 aliphatic heterocycles. The van der Waals surface area contributed by atoms with E-state index < -0.39 is 5.60 Å². The summed E-state index contributed by atoms with van der Waals surface area (Å²) in [4.78, 5) is 2.15. The zero-order valence-corrected chi connectivity index (χ0v) is 13.7. The van der Waals surface area contributed by atoms with E-state index in [1.54, 1.807) is 0 Å². The normalized spacial score (nSPS) is 27.1. The van der Waals surface area contributed by atoms with Crippen molar-refractivity contribution in [2.75, 3.05) is 32.1 Å². The number of rotatable bonds is 3. The topological polar surface area (TPSA) is 23.5 Å². The molecule has 0 amide bonds. The molecule has 0 spiro atoms. The molecule has 2 unspecified atom stereocenters. The van der Waals surface area contributed by atoms with E-state index in [-0.39, 0.29) is 18.3 Å². The fraction of sp³-hybridized carbons (Fsp3) is 0.571. The highest BCUT2D eigenvalue weighted by Crippen LogP contribution is 2.40. The predicted octanol–water partition coefficient (Wildman–Crippen LogP) is 3.26.